The van der Waals surface area contributed by atoms with E-state index < -0.39 is 0 Å². The third-order valence-electron chi connectivity index (χ3n) is 3.57. The van der Waals surface area contributed by atoms with Crippen LogP contribution in [0.5, 0.6) is 0 Å². The van der Waals surface area contributed by atoms with Crippen molar-refractivity contribution >= 4 is 5.69 Å². The molecule has 1 aromatic heterocycles. The van der Waals surface area contributed by atoms with Crippen molar-refractivity contribution in [2.75, 3.05) is 5.32 Å². The lowest BCUT2D eigenvalue weighted by Gasteiger charge is -2.19. The summed E-state index contributed by atoms with van der Waals surface area (Å²) in [5, 5.41) is 7.69. The first-order chi connectivity index (χ1) is 8.88. The van der Waals surface area contributed by atoms with Gasteiger partial charge in [-0.25, -0.2) is 0 Å². The van der Waals surface area contributed by atoms with Crippen molar-refractivity contribution in [1.82, 2.24) is 9.78 Å². The molecule has 0 fully saturated rings. The summed E-state index contributed by atoms with van der Waals surface area (Å²) in [6, 6.07) is 8.68. The molecular formula is C16H23N3. The number of nitrogens with one attached hydrogen (secondary N) is 1. The van der Waals surface area contributed by atoms with Crippen molar-refractivity contribution in [2.24, 2.45) is 7.05 Å². The lowest BCUT2D eigenvalue weighted by Crippen LogP contribution is -2.10. The summed E-state index contributed by atoms with van der Waals surface area (Å²) in [4.78, 5) is 0. The Morgan fingerprint density at radius 1 is 1.16 bits per heavy atom. The van der Waals surface area contributed by atoms with Crippen molar-refractivity contribution in [1.29, 1.82) is 0 Å². The summed E-state index contributed by atoms with van der Waals surface area (Å²) >= 11 is 0. The third kappa shape index (κ3) is 3.16. The van der Waals surface area contributed by atoms with Gasteiger partial charge >= 0.3 is 0 Å². The lowest BCUT2D eigenvalue weighted by atomic mass is 9.87. The molecule has 0 atom stereocenters. The highest BCUT2D eigenvalue weighted by Crippen LogP contribution is 2.23. The number of aryl methyl sites for hydroxylation is 1. The fraction of sp³-hybridized carbons (Fsp3) is 0.438. The summed E-state index contributed by atoms with van der Waals surface area (Å²) in [5.41, 5.74) is 5.16. The van der Waals surface area contributed by atoms with Gasteiger partial charge < -0.3 is 5.32 Å². The number of benzene rings is 1. The first-order valence-corrected chi connectivity index (χ1v) is 6.70. The van der Waals surface area contributed by atoms with Gasteiger partial charge in [-0.1, -0.05) is 32.9 Å². The molecule has 0 radical (unpaired) electrons. The van der Waals surface area contributed by atoms with Gasteiger partial charge in [0.1, 0.15) is 0 Å². The highest BCUT2D eigenvalue weighted by molar-refractivity contribution is 5.46. The minimum atomic E-state index is 0.207. The number of anilines is 1. The van der Waals surface area contributed by atoms with Crippen LogP contribution in [-0.2, 0) is 19.0 Å². The molecule has 3 nitrogen and oxygen atoms in total. The van der Waals surface area contributed by atoms with Crippen molar-refractivity contribution < 1.29 is 0 Å². The minimum Gasteiger partial charge on any atom is -0.381 e. The van der Waals surface area contributed by atoms with Gasteiger partial charge in [-0.3, -0.25) is 4.68 Å². The molecular weight excluding hydrogens is 234 g/mol. The van der Waals surface area contributed by atoms with Gasteiger partial charge in [0.15, 0.2) is 0 Å². The number of rotatable bonds is 3. The van der Waals surface area contributed by atoms with Crippen LogP contribution >= 0.6 is 0 Å². The predicted octanol–water partition coefficient (Wildman–Crippen LogP) is 3.64. The molecule has 1 heterocycles. The van der Waals surface area contributed by atoms with Crippen molar-refractivity contribution in [3.63, 3.8) is 0 Å². The van der Waals surface area contributed by atoms with E-state index in [2.05, 4.69) is 62.4 Å². The molecule has 2 rings (SSSR count). The Hall–Kier alpha value is -1.77. The highest BCUT2D eigenvalue weighted by atomic mass is 15.3. The van der Waals surface area contributed by atoms with E-state index in [-0.39, 0.29) is 5.41 Å². The molecule has 0 aliphatic heterocycles. The summed E-state index contributed by atoms with van der Waals surface area (Å²) in [6.07, 6.45) is 1.92. The maximum atomic E-state index is 4.25. The molecule has 19 heavy (non-hydrogen) atoms. The minimum absolute atomic E-state index is 0.207. The number of nitrogens with zero attached hydrogens (tertiary/aromatic N) is 2. The SMILES string of the molecule is Cc1c(CNc2ccc(C(C)(C)C)cc2)cnn1C. The quantitative estimate of drug-likeness (QED) is 0.909. The van der Waals surface area contributed by atoms with Crippen LogP contribution in [0.3, 0.4) is 0 Å². The monoisotopic (exact) mass is 257 g/mol. The van der Waals surface area contributed by atoms with E-state index >= 15 is 0 Å². The Labute approximate surface area is 115 Å². The maximum Gasteiger partial charge on any atom is 0.0542 e. The molecule has 102 valence electrons. The first kappa shape index (κ1) is 13.7. The molecule has 0 amide bonds. The van der Waals surface area contributed by atoms with Gasteiger partial charge in [-0.05, 0) is 30.0 Å². The zero-order chi connectivity index (χ0) is 14.0. The molecule has 3 heteroatoms. The zero-order valence-electron chi connectivity index (χ0n) is 12.5. The summed E-state index contributed by atoms with van der Waals surface area (Å²) in [5.74, 6) is 0. The molecule has 0 spiro atoms. The molecule has 0 aliphatic rings. The van der Waals surface area contributed by atoms with Gasteiger partial charge in [0.2, 0.25) is 0 Å². The first-order valence-electron chi connectivity index (χ1n) is 6.70. The van der Waals surface area contributed by atoms with Crippen LogP contribution in [0.15, 0.2) is 30.5 Å². The highest BCUT2D eigenvalue weighted by Gasteiger charge is 2.12. The smallest absolute Gasteiger partial charge is 0.0542 e. The Balaban J connectivity index is 2.03. The van der Waals surface area contributed by atoms with E-state index in [4.69, 9.17) is 0 Å². The van der Waals surface area contributed by atoms with E-state index in [9.17, 15) is 0 Å². The summed E-state index contributed by atoms with van der Waals surface area (Å²) < 4.78 is 1.90. The predicted molar refractivity (Wildman–Crippen MR) is 80.4 cm³/mol. The van der Waals surface area contributed by atoms with Gasteiger partial charge in [-0.15, -0.1) is 0 Å². The van der Waals surface area contributed by atoms with E-state index in [1.807, 2.05) is 17.9 Å². The second-order valence-electron chi connectivity index (χ2n) is 6.06. The van der Waals surface area contributed by atoms with Crippen LogP contribution in [-0.4, -0.2) is 9.78 Å². The second-order valence-corrected chi connectivity index (χ2v) is 6.06. The van der Waals surface area contributed by atoms with Gasteiger partial charge in [0, 0.05) is 30.5 Å². The standard InChI is InChI=1S/C16H23N3/c1-12-13(11-18-19(12)5)10-17-15-8-6-14(7-9-15)16(2,3)4/h6-9,11,17H,10H2,1-5H3. The Bertz CT molecular complexity index is 544. The lowest BCUT2D eigenvalue weighted by molar-refractivity contribution is 0.590. The van der Waals surface area contributed by atoms with Crippen LogP contribution in [0.1, 0.15) is 37.6 Å². The molecule has 2 aromatic rings. The van der Waals surface area contributed by atoms with Crippen LogP contribution in [0.25, 0.3) is 0 Å². The zero-order valence-corrected chi connectivity index (χ0v) is 12.5. The molecule has 0 saturated heterocycles. The van der Waals surface area contributed by atoms with E-state index in [0.29, 0.717) is 0 Å². The second kappa shape index (κ2) is 5.08. The Morgan fingerprint density at radius 3 is 2.26 bits per heavy atom. The topological polar surface area (TPSA) is 29.9 Å². The van der Waals surface area contributed by atoms with Crippen molar-refractivity contribution in [3.05, 3.63) is 47.3 Å². The molecule has 0 bridgehead atoms. The van der Waals surface area contributed by atoms with Crippen LogP contribution in [0, 0.1) is 6.92 Å². The largest absolute Gasteiger partial charge is 0.381 e. The third-order valence-corrected chi connectivity index (χ3v) is 3.57. The van der Waals surface area contributed by atoms with Crippen molar-refractivity contribution in [2.45, 2.75) is 39.7 Å². The number of aromatic nitrogens is 2. The van der Waals surface area contributed by atoms with E-state index in [1.54, 1.807) is 0 Å². The average molecular weight is 257 g/mol. The molecule has 1 N–H and O–H groups in total. The fourth-order valence-electron chi connectivity index (χ4n) is 2.00. The summed E-state index contributed by atoms with van der Waals surface area (Å²) in [6.45, 7) is 9.60. The Morgan fingerprint density at radius 2 is 1.79 bits per heavy atom. The van der Waals surface area contributed by atoms with Gasteiger partial charge in [-0.2, -0.15) is 5.10 Å². The summed E-state index contributed by atoms with van der Waals surface area (Å²) in [7, 11) is 1.97. The number of hydrogen-bond donors (Lipinski definition) is 1. The van der Waals surface area contributed by atoms with E-state index in [0.717, 1.165) is 12.2 Å². The fourth-order valence-corrected chi connectivity index (χ4v) is 2.00. The normalized spacial score (nSPS) is 11.6. The Kier molecular flexibility index (Phi) is 3.65. The van der Waals surface area contributed by atoms with E-state index in [1.165, 1.54) is 16.8 Å². The van der Waals surface area contributed by atoms with Gasteiger partial charge in [0.25, 0.3) is 0 Å². The molecule has 0 aliphatic carbocycles. The van der Waals surface area contributed by atoms with Crippen molar-refractivity contribution in [3.8, 4) is 0 Å². The molecule has 1 aromatic carbocycles. The van der Waals surface area contributed by atoms with Crippen LogP contribution < -0.4 is 5.32 Å². The van der Waals surface area contributed by atoms with Crippen LogP contribution in [0.2, 0.25) is 0 Å². The van der Waals surface area contributed by atoms with Crippen LogP contribution in [0.4, 0.5) is 5.69 Å². The number of hydrogen-bond acceptors (Lipinski definition) is 2. The average Bonchev–Trinajstić information content (AvgIpc) is 2.67. The maximum absolute atomic E-state index is 4.25. The molecule has 0 unspecified atom stereocenters. The van der Waals surface area contributed by atoms with Gasteiger partial charge in [0.05, 0.1) is 6.20 Å². The molecule has 0 saturated carbocycles.